The normalized spacial score (nSPS) is 10.1. The number of nitrogens with one attached hydrogen (secondary N) is 1. The standard InChI is InChI=1S/C11H9BrClN3/c12-9-10(13)15-7-16-11(9)14-6-8-4-2-1-3-5-8/h1-5,7H,6H2,(H,14,15,16). The smallest absolute Gasteiger partial charge is 0.148 e. The SMILES string of the molecule is Clc1ncnc(NCc2ccccc2)c1Br. The average molecular weight is 299 g/mol. The number of nitrogens with zero attached hydrogens (tertiary/aromatic N) is 2. The van der Waals surface area contributed by atoms with Crippen molar-refractivity contribution in [3.63, 3.8) is 0 Å². The number of benzene rings is 1. The number of anilines is 1. The van der Waals surface area contributed by atoms with Crippen LogP contribution >= 0.6 is 27.5 Å². The molecule has 0 saturated heterocycles. The van der Waals surface area contributed by atoms with Crippen LogP contribution in [0.5, 0.6) is 0 Å². The molecule has 82 valence electrons. The van der Waals surface area contributed by atoms with Crippen molar-refractivity contribution in [1.29, 1.82) is 0 Å². The summed E-state index contributed by atoms with van der Waals surface area (Å²) in [5.41, 5.74) is 1.18. The first kappa shape index (κ1) is 11.4. The Balaban J connectivity index is 2.08. The highest BCUT2D eigenvalue weighted by molar-refractivity contribution is 9.10. The molecule has 0 aliphatic rings. The number of hydrogen-bond donors (Lipinski definition) is 1. The topological polar surface area (TPSA) is 37.8 Å². The maximum Gasteiger partial charge on any atom is 0.148 e. The van der Waals surface area contributed by atoms with Crippen molar-refractivity contribution in [1.82, 2.24) is 9.97 Å². The van der Waals surface area contributed by atoms with Gasteiger partial charge >= 0.3 is 0 Å². The molecule has 16 heavy (non-hydrogen) atoms. The summed E-state index contributed by atoms with van der Waals surface area (Å²) < 4.78 is 0.688. The molecule has 0 atom stereocenters. The minimum atomic E-state index is 0.408. The second-order valence-corrected chi connectivity index (χ2v) is 4.32. The first-order valence-corrected chi connectivity index (χ1v) is 5.88. The third-order valence-corrected chi connectivity index (χ3v) is 3.32. The van der Waals surface area contributed by atoms with Gasteiger partial charge in [-0.05, 0) is 21.5 Å². The van der Waals surface area contributed by atoms with E-state index in [4.69, 9.17) is 11.6 Å². The summed E-state index contributed by atoms with van der Waals surface area (Å²) in [6.07, 6.45) is 1.43. The molecule has 0 bridgehead atoms. The number of aromatic nitrogens is 2. The van der Waals surface area contributed by atoms with E-state index >= 15 is 0 Å². The molecule has 1 aromatic carbocycles. The monoisotopic (exact) mass is 297 g/mol. The van der Waals surface area contributed by atoms with Gasteiger partial charge in [0.05, 0.1) is 4.47 Å². The predicted octanol–water partition coefficient (Wildman–Crippen LogP) is 3.50. The Bertz CT molecular complexity index is 476. The maximum atomic E-state index is 5.86. The molecule has 5 heteroatoms. The molecule has 2 aromatic rings. The van der Waals surface area contributed by atoms with Crippen LogP contribution in [0.25, 0.3) is 0 Å². The van der Waals surface area contributed by atoms with E-state index in [0.717, 1.165) is 0 Å². The Kier molecular flexibility index (Phi) is 3.74. The Hall–Kier alpha value is -1.13. The molecule has 0 unspecified atom stereocenters. The molecule has 0 radical (unpaired) electrons. The summed E-state index contributed by atoms with van der Waals surface area (Å²) in [5, 5.41) is 3.60. The van der Waals surface area contributed by atoms with Gasteiger partial charge in [-0.3, -0.25) is 0 Å². The summed E-state index contributed by atoms with van der Waals surface area (Å²) in [4.78, 5) is 7.96. The van der Waals surface area contributed by atoms with E-state index in [-0.39, 0.29) is 0 Å². The largest absolute Gasteiger partial charge is 0.365 e. The molecule has 0 amide bonds. The van der Waals surface area contributed by atoms with E-state index in [1.54, 1.807) is 0 Å². The fourth-order valence-electron chi connectivity index (χ4n) is 1.25. The van der Waals surface area contributed by atoms with Crippen LogP contribution in [-0.4, -0.2) is 9.97 Å². The lowest BCUT2D eigenvalue weighted by atomic mass is 10.2. The molecule has 1 N–H and O–H groups in total. The second-order valence-electron chi connectivity index (χ2n) is 3.17. The van der Waals surface area contributed by atoms with E-state index < -0.39 is 0 Å². The third kappa shape index (κ3) is 2.71. The molecule has 1 heterocycles. The van der Waals surface area contributed by atoms with Crippen molar-refractivity contribution in [3.05, 3.63) is 51.8 Å². The number of halogens is 2. The molecule has 1 aromatic heterocycles. The fraction of sp³-hybridized carbons (Fsp3) is 0.0909. The van der Waals surface area contributed by atoms with E-state index in [0.29, 0.717) is 22.0 Å². The van der Waals surface area contributed by atoms with Crippen molar-refractivity contribution in [2.75, 3.05) is 5.32 Å². The molecule has 0 saturated carbocycles. The van der Waals surface area contributed by atoms with Gasteiger partial charge in [0.15, 0.2) is 0 Å². The Morgan fingerprint density at radius 1 is 1.19 bits per heavy atom. The molecule has 0 aliphatic carbocycles. The zero-order valence-corrected chi connectivity index (χ0v) is 10.7. The first-order chi connectivity index (χ1) is 7.77. The van der Waals surface area contributed by atoms with E-state index in [1.807, 2.05) is 30.3 Å². The lowest BCUT2D eigenvalue weighted by Crippen LogP contribution is -2.02. The van der Waals surface area contributed by atoms with Gasteiger partial charge in [0.2, 0.25) is 0 Å². The fourth-order valence-corrected chi connectivity index (χ4v) is 1.73. The molecular weight excluding hydrogens is 289 g/mol. The van der Waals surface area contributed by atoms with Crippen LogP contribution in [-0.2, 0) is 6.54 Å². The van der Waals surface area contributed by atoms with Gasteiger partial charge in [0, 0.05) is 6.54 Å². The van der Waals surface area contributed by atoms with Gasteiger partial charge < -0.3 is 5.32 Å². The Morgan fingerprint density at radius 3 is 2.69 bits per heavy atom. The molecule has 0 fully saturated rings. The first-order valence-electron chi connectivity index (χ1n) is 4.71. The molecule has 0 spiro atoms. The van der Waals surface area contributed by atoms with Crippen LogP contribution in [0.15, 0.2) is 41.1 Å². The van der Waals surface area contributed by atoms with E-state index in [1.165, 1.54) is 11.9 Å². The minimum Gasteiger partial charge on any atom is -0.365 e. The Morgan fingerprint density at radius 2 is 1.94 bits per heavy atom. The highest BCUT2D eigenvalue weighted by Gasteiger charge is 2.05. The summed E-state index contributed by atoms with van der Waals surface area (Å²) in [5.74, 6) is 0.698. The summed E-state index contributed by atoms with van der Waals surface area (Å²) in [6.45, 7) is 0.701. The Labute approximate surface area is 107 Å². The number of hydrogen-bond acceptors (Lipinski definition) is 3. The van der Waals surface area contributed by atoms with Gasteiger partial charge in [0.1, 0.15) is 17.3 Å². The zero-order chi connectivity index (χ0) is 11.4. The van der Waals surface area contributed by atoms with Crippen LogP contribution in [0.3, 0.4) is 0 Å². The lowest BCUT2D eigenvalue weighted by molar-refractivity contribution is 1.07. The van der Waals surface area contributed by atoms with Gasteiger partial charge in [0.25, 0.3) is 0 Å². The van der Waals surface area contributed by atoms with Crippen LogP contribution in [0, 0.1) is 0 Å². The molecular formula is C11H9BrClN3. The van der Waals surface area contributed by atoms with Crippen LogP contribution in [0.2, 0.25) is 5.15 Å². The van der Waals surface area contributed by atoms with Crippen molar-refractivity contribution >= 4 is 33.3 Å². The van der Waals surface area contributed by atoms with Gasteiger partial charge in [-0.2, -0.15) is 0 Å². The minimum absolute atomic E-state index is 0.408. The van der Waals surface area contributed by atoms with E-state index in [9.17, 15) is 0 Å². The zero-order valence-electron chi connectivity index (χ0n) is 8.32. The van der Waals surface area contributed by atoms with Gasteiger partial charge in [-0.1, -0.05) is 41.9 Å². The quantitative estimate of drug-likeness (QED) is 0.881. The van der Waals surface area contributed by atoms with Crippen LogP contribution in [0.4, 0.5) is 5.82 Å². The number of rotatable bonds is 3. The average Bonchev–Trinajstić information content (AvgIpc) is 2.32. The molecule has 2 rings (SSSR count). The highest BCUT2D eigenvalue weighted by Crippen LogP contribution is 2.26. The van der Waals surface area contributed by atoms with Crippen LogP contribution in [0.1, 0.15) is 5.56 Å². The van der Waals surface area contributed by atoms with Gasteiger partial charge in [-0.15, -0.1) is 0 Å². The maximum absolute atomic E-state index is 5.86. The van der Waals surface area contributed by atoms with Gasteiger partial charge in [-0.25, -0.2) is 9.97 Å². The highest BCUT2D eigenvalue weighted by atomic mass is 79.9. The second kappa shape index (κ2) is 5.27. The summed E-state index contributed by atoms with van der Waals surface area (Å²) in [7, 11) is 0. The lowest BCUT2D eigenvalue weighted by Gasteiger charge is -2.07. The molecule has 3 nitrogen and oxygen atoms in total. The third-order valence-electron chi connectivity index (χ3n) is 2.05. The predicted molar refractivity (Wildman–Crippen MR) is 68.5 cm³/mol. The van der Waals surface area contributed by atoms with Crippen molar-refractivity contribution < 1.29 is 0 Å². The summed E-state index contributed by atoms with van der Waals surface area (Å²) in [6, 6.07) is 10.1. The van der Waals surface area contributed by atoms with E-state index in [2.05, 4.69) is 31.2 Å². The molecule has 0 aliphatic heterocycles. The van der Waals surface area contributed by atoms with Crippen molar-refractivity contribution in [2.24, 2.45) is 0 Å². The van der Waals surface area contributed by atoms with Crippen molar-refractivity contribution in [2.45, 2.75) is 6.54 Å². The van der Waals surface area contributed by atoms with Crippen LogP contribution < -0.4 is 5.32 Å². The summed E-state index contributed by atoms with van der Waals surface area (Å²) >= 11 is 9.19. The van der Waals surface area contributed by atoms with Crippen molar-refractivity contribution in [3.8, 4) is 0 Å².